The molecule has 0 radical (unpaired) electrons. The maximum Gasteiger partial charge on any atom is 0.239 e. The van der Waals surface area contributed by atoms with Gasteiger partial charge >= 0.3 is 0 Å². The van der Waals surface area contributed by atoms with E-state index >= 15 is 0 Å². The minimum Gasteiger partial charge on any atom is -0.437 e. The molecule has 1 unspecified atom stereocenters. The fourth-order valence-electron chi connectivity index (χ4n) is 4.65. The SMILES string of the molecule is Cc1ccc2c(NS(=O)(=O)CCC(F)F)c(F)ccc2c1Oc1ncccc1-c1ccnc(NC2CCCNC2)n1.Cl. The summed E-state index contributed by atoms with van der Waals surface area (Å²) in [5.74, 6) is -0.654. The smallest absolute Gasteiger partial charge is 0.239 e. The second kappa shape index (κ2) is 13.5. The number of piperidine rings is 1. The lowest BCUT2D eigenvalue weighted by Crippen LogP contribution is -2.38. The van der Waals surface area contributed by atoms with Gasteiger partial charge in [-0.1, -0.05) is 12.1 Å². The molecule has 0 bridgehead atoms. The van der Waals surface area contributed by atoms with Gasteiger partial charge in [-0.15, -0.1) is 12.4 Å². The molecule has 1 aliphatic rings. The Labute approximate surface area is 247 Å². The minimum atomic E-state index is -4.23. The number of rotatable bonds is 10. The quantitative estimate of drug-likeness (QED) is 0.200. The van der Waals surface area contributed by atoms with Crippen LogP contribution in [-0.2, 0) is 10.0 Å². The lowest BCUT2D eigenvalue weighted by Gasteiger charge is -2.23. The number of ether oxygens (including phenoxy) is 1. The molecule has 2 aromatic carbocycles. The van der Waals surface area contributed by atoms with Gasteiger partial charge in [0.1, 0.15) is 11.6 Å². The monoisotopic (exact) mass is 622 g/mol. The van der Waals surface area contributed by atoms with Crippen molar-refractivity contribution in [2.24, 2.45) is 0 Å². The van der Waals surface area contributed by atoms with E-state index < -0.39 is 34.4 Å². The van der Waals surface area contributed by atoms with Gasteiger partial charge in [0, 0.05) is 42.2 Å². The zero-order valence-corrected chi connectivity index (χ0v) is 24.2. The summed E-state index contributed by atoms with van der Waals surface area (Å²) in [6.45, 7) is 3.60. The second-order valence-corrected chi connectivity index (χ2v) is 11.6. The Morgan fingerprint density at radius 3 is 2.67 bits per heavy atom. The molecule has 1 atom stereocenters. The Balaban J connectivity index is 0.00000405. The van der Waals surface area contributed by atoms with Crippen molar-refractivity contribution >= 4 is 44.8 Å². The van der Waals surface area contributed by atoms with E-state index in [4.69, 9.17) is 4.74 Å². The van der Waals surface area contributed by atoms with Crippen LogP contribution in [0.25, 0.3) is 22.0 Å². The van der Waals surface area contributed by atoms with E-state index in [0.717, 1.165) is 32.0 Å². The van der Waals surface area contributed by atoms with Gasteiger partial charge in [-0.2, -0.15) is 0 Å². The molecule has 3 N–H and O–H groups in total. The molecular formula is C28H30ClF3N6O3S. The number of nitrogens with one attached hydrogen (secondary N) is 3. The van der Waals surface area contributed by atoms with Crippen LogP contribution in [0, 0.1) is 12.7 Å². The van der Waals surface area contributed by atoms with Gasteiger partial charge in [0.15, 0.2) is 0 Å². The predicted molar refractivity (Wildman–Crippen MR) is 159 cm³/mol. The van der Waals surface area contributed by atoms with Crippen LogP contribution in [0.4, 0.5) is 24.8 Å². The largest absolute Gasteiger partial charge is 0.437 e. The molecule has 3 heterocycles. The molecule has 0 saturated carbocycles. The maximum atomic E-state index is 14.8. The fraction of sp³-hybridized carbons (Fsp3) is 0.321. The third-order valence-electron chi connectivity index (χ3n) is 6.69. The fourth-order valence-corrected chi connectivity index (χ4v) is 5.76. The Bertz CT molecular complexity index is 1660. The number of alkyl halides is 2. The summed E-state index contributed by atoms with van der Waals surface area (Å²) in [4.78, 5) is 13.4. The molecule has 14 heteroatoms. The summed E-state index contributed by atoms with van der Waals surface area (Å²) in [7, 11) is -4.23. The van der Waals surface area contributed by atoms with Crippen LogP contribution < -0.4 is 20.1 Å². The van der Waals surface area contributed by atoms with Crippen LogP contribution in [-0.4, -0.2) is 54.7 Å². The standard InChI is InChI=1S/C28H29F3N6O3S.ClH/c1-17-6-7-19-20(8-9-22(29)25(19)37-41(38,39)15-11-24(30)31)26(17)40-27-21(5-3-13-33-27)23-10-14-34-28(36-23)35-18-4-2-12-32-16-18;/h3,5-10,13-14,18,24,32,37H,2,4,11-12,15-16H2,1H3,(H,34,35,36);1H. The highest BCUT2D eigenvalue weighted by atomic mass is 35.5. The summed E-state index contributed by atoms with van der Waals surface area (Å²) in [5.41, 5.74) is 1.51. The first-order valence-corrected chi connectivity index (χ1v) is 14.8. The van der Waals surface area contributed by atoms with E-state index in [1.807, 2.05) is 0 Å². The van der Waals surface area contributed by atoms with Gasteiger partial charge in [0.2, 0.25) is 28.3 Å². The molecule has 1 saturated heterocycles. The first kappa shape index (κ1) is 31.3. The van der Waals surface area contributed by atoms with Crippen molar-refractivity contribution in [2.45, 2.75) is 38.7 Å². The number of aryl methyl sites for hydroxylation is 1. The van der Waals surface area contributed by atoms with E-state index in [1.54, 1.807) is 49.6 Å². The van der Waals surface area contributed by atoms with E-state index in [9.17, 15) is 21.6 Å². The molecule has 0 amide bonds. The molecule has 42 heavy (non-hydrogen) atoms. The molecular weight excluding hydrogens is 593 g/mol. The molecule has 9 nitrogen and oxygen atoms in total. The molecule has 1 aliphatic heterocycles. The third-order valence-corrected chi connectivity index (χ3v) is 7.98. The first-order chi connectivity index (χ1) is 19.7. The van der Waals surface area contributed by atoms with Gasteiger partial charge in [-0.05, 0) is 62.2 Å². The van der Waals surface area contributed by atoms with Crippen LogP contribution in [0.2, 0.25) is 0 Å². The molecule has 1 fully saturated rings. The van der Waals surface area contributed by atoms with E-state index in [2.05, 4.69) is 30.3 Å². The van der Waals surface area contributed by atoms with Crippen molar-refractivity contribution in [3.8, 4) is 22.9 Å². The number of fused-ring (bicyclic) bond motifs is 1. The van der Waals surface area contributed by atoms with Gasteiger partial charge < -0.3 is 15.4 Å². The summed E-state index contributed by atoms with van der Waals surface area (Å²) in [6, 6.07) is 11.3. The van der Waals surface area contributed by atoms with Crippen molar-refractivity contribution in [1.29, 1.82) is 0 Å². The maximum absolute atomic E-state index is 14.8. The summed E-state index contributed by atoms with van der Waals surface area (Å²) in [6.07, 6.45) is 1.62. The van der Waals surface area contributed by atoms with Gasteiger partial charge in [-0.25, -0.2) is 36.5 Å². The highest BCUT2D eigenvalue weighted by molar-refractivity contribution is 7.92. The highest BCUT2D eigenvalue weighted by Crippen LogP contribution is 2.39. The number of anilines is 2. The molecule has 224 valence electrons. The van der Waals surface area contributed by atoms with Gasteiger partial charge in [-0.3, -0.25) is 4.72 Å². The average Bonchev–Trinajstić information content (AvgIpc) is 2.96. The van der Waals surface area contributed by atoms with Crippen LogP contribution in [0.1, 0.15) is 24.8 Å². The van der Waals surface area contributed by atoms with Crippen molar-refractivity contribution in [2.75, 3.05) is 28.9 Å². The predicted octanol–water partition coefficient (Wildman–Crippen LogP) is 5.91. The zero-order chi connectivity index (χ0) is 29.0. The summed E-state index contributed by atoms with van der Waals surface area (Å²) < 4.78 is 73.4. The minimum absolute atomic E-state index is 0. The number of hydrogen-bond donors (Lipinski definition) is 3. The number of benzene rings is 2. The normalized spacial score (nSPS) is 15.3. The van der Waals surface area contributed by atoms with Crippen molar-refractivity contribution in [3.63, 3.8) is 0 Å². The Morgan fingerprint density at radius 1 is 1.10 bits per heavy atom. The van der Waals surface area contributed by atoms with Crippen LogP contribution in [0.5, 0.6) is 11.6 Å². The lowest BCUT2D eigenvalue weighted by atomic mass is 10.0. The summed E-state index contributed by atoms with van der Waals surface area (Å²) in [5, 5.41) is 7.32. The Kier molecular flexibility index (Phi) is 10.1. The van der Waals surface area contributed by atoms with E-state index in [0.29, 0.717) is 33.9 Å². The van der Waals surface area contributed by atoms with Gasteiger partial charge in [0.25, 0.3) is 0 Å². The number of pyridine rings is 1. The third kappa shape index (κ3) is 7.39. The first-order valence-electron chi connectivity index (χ1n) is 13.1. The van der Waals surface area contributed by atoms with Crippen LogP contribution in [0.3, 0.4) is 0 Å². The average molecular weight is 623 g/mol. The second-order valence-electron chi connectivity index (χ2n) is 9.74. The van der Waals surface area contributed by atoms with E-state index in [1.165, 1.54) is 6.07 Å². The Hall–Kier alpha value is -3.68. The topological polar surface area (TPSA) is 118 Å². The molecule has 2 aromatic heterocycles. The number of hydrogen-bond acceptors (Lipinski definition) is 8. The lowest BCUT2D eigenvalue weighted by molar-refractivity contribution is 0.145. The van der Waals surface area contributed by atoms with Crippen LogP contribution >= 0.6 is 12.4 Å². The highest BCUT2D eigenvalue weighted by Gasteiger charge is 2.21. The summed E-state index contributed by atoms with van der Waals surface area (Å²) >= 11 is 0. The number of nitrogens with zero attached hydrogens (tertiary/aromatic N) is 3. The molecule has 4 aromatic rings. The van der Waals surface area contributed by atoms with Crippen LogP contribution in [0.15, 0.2) is 54.9 Å². The number of halogens is 4. The van der Waals surface area contributed by atoms with Crippen molar-refractivity contribution in [1.82, 2.24) is 20.3 Å². The molecule has 5 rings (SSSR count). The van der Waals surface area contributed by atoms with Crippen molar-refractivity contribution in [3.05, 3.63) is 66.2 Å². The zero-order valence-electron chi connectivity index (χ0n) is 22.6. The number of sulfonamides is 1. The number of aromatic nitrogens is 3. The Morgan fingerprint density at radius 2 is 1.90 bits per heavy atom. The molecule has 0 aliphatic carbocycles. The van der Waals surface area contributed by atoms with E-state index in [-0.39, 0.29) is 35.4 Å². The molecule has 0 spiro atoms. The van der Waals surface area contributed by atoms with Gasteiger partial charge in [0.05, 0.1) is 22.7 Å². The van der Waals surface area contributed by atoms with Crippen molar-refractivity contribution < 1.29 is 26.3 Å².